The number of thiocarbonyl (C=S) groups is 1. The summed E-state index contributed by atoms with van der Waals surface area (Å²) in [5.41, 5.74) is 3.71. The topological polar surface area (TPSA) is 91.0 Å². The van der Waals surface area contributed by atoms with Gasteiger partial charge in [0.25, 0.3) is 11.8 Å². The lowest BCUT2D eigenvalue weighted by Gasteiger charge is -2.24. The summed E-state index contributed by atoms with van der Waals surface area (Å²) in [5.74, 6) is -0.670. The quantitative estimate of drug-likeness (QED) is 0.462. The molecule has 2 aromatic carbocycles. The molecule has 2 N–H and O–H groups in total. The van der Waals surface area contributed by atoms with Gasteiger partial charge in [0.15, 0.2) is 0 Å². The second-order valence-corrected chi connectivity index (χ2v) is 8.97. The van der Waals surface area contributed by atoms with E-state index in [9.17, 15) is 14.4 Å². The highest BCUT2D eigenvalue weighted by Crippen LogP contribution is 2.28. The molecule has 0 radical (unpaired) electrons. The highest BCUT2D eigenvalue weighted by molar-refractivity contribution is 7.80. The lowest BCUT2D eigenvalue weighted by atomic mass is 10.1. The Morgan fingerprint density at radius 3 is 2.44 bits per heavy atom. The Balaban J connectivity index is 1.58. The van der Waals surface area contributed by atoms with Crippen LogP contribution in [0.25, 0.3) is 0 Å². The Morgan fingerprint density at radius 2 is 1.82 bits per heavy atom. The molecule has 174 valence electrons. The van der Waals surface area contributed by atoms with Crippen LogP contribution in [-0.2, 0) is 9.59 Å². The van der Waals surface area contributed by atoms with Crippen LogP contribution in [-0.4, -0.2) is 41.0 Å². The van der Waals surface area contributed by atoms with E-state index in [4.69, 9.17) is 28.6 Å². The molecule has 0 spiro atoms. The zero-order valence-corrected chi connectivity index (χ0v) is 20.2. The fourth-order valence-electron chi connectivity index (χ4n) is 3.36. The molecule has 1 aliphatic rings. The lowest BCUT2D eigenvalue weighted by molar-refractivity contribution is -0.124. The highest BCUT2D eigenvalue weighted by Gasteiger charge is 2.45. The minimum absolute atomic E-state index is 0.0596. The summed E-state index contributed by atoms with van der Waals surface area (Å²) in [6.07, 6.45) is -0.237. The number of ether oxygens (including phenoxy) is 1. The van der Waals surface area contributed by atoms with Gasteiger partial charge in [-0.05, 0) is 72.2 Å². The van der Waals surface area contributed by atoms with Crippen LogP contribution in [0.2, 0.25) is 5.02 Å². The monoisotopic (exact) mass is 514 g/mol. The number of rotatable bonds is 7. The van der Waals surface area contributed by atoms with Gasteiger partial charge in [-0.1, -0.05) is 17.7 Å². The van der Waals surface area contributed by atoms with Crippen molar-refractivity contribution in [2.45, 2.75) is 12.5 Å². The number of carbonyl (C=O) groups excluding carboxylic acids is 3. The Labute approximate surface area is 210 Å². The SMILES string of the molecule is COc1ccc(N2C(=O)C(CC(=O)Nc3ccc(Cl)cc3)N(NC(=O)c3cccs3)C2=S)cc1. The zero-order chi connectivity index (χ0) is 24.2. The molecular formula is C23H19ClN4O4S2. The molecule has 1 fully saturated rings. The summed E-state index contributed by atoms with van der Waals surface area (Å²) in [7, 11) is 1.54. The van der Waals surface area contributed by atoms with Gasteiger partial charge in [0.2, 0.25) is 11.0 Å². The summed E-state index contributed by atoms with van der Waals surface area (Å²) >= 11 is 12.7. The summed E-state index contributed by atoms with van der Waals surface area (Å²) in [6.45, 7) is 0. The fourth-order valence-corrected chi connectivity index (χ4v) is 4.47. The highest BCUT2D eigenvalue weighted by atomic mass is 35.5. The van der Waals surface area contributed by atoms with Gasteiger partial charge in [0.1, 0.15) is 11.8 Å². The van der Waals surface area contributed by atoms with Crippen LogP contribution in [0.15, 0.2) is 66.0 Å². The molecule has 0 aliphatic carbocycles. The molecule has 3 aromatic rings. The molecule has 1 unspecified atom stereocenters. The Kier molecular flexibility index (Phi) is 7.11. The maximum atomic E-state index is 13.4. The zero-order valence-electron chi connectivity index (χ0n) is 17.9. The third kappa shape index (κ3) is 5.04. The first kappa shape index (κ1) is 23.7. The third-order valence-electron chi connectivity index (χ3n) is 5.02. The van der Waals surface area contributed by atoms with Crippen LogP contribution in [0.3, 0.4) is 0 Å². The Morgan fingerprint density at radius 1 is 1.12 bits per heavy atom. The predicted molar refractivity (Wildman–Crippen MR) is 135 cm³/mol. The number of hydrazine groups is 1. The van der Waals surface area contributed by atoms with Gasteiger partial charge in [0.05, 0.1) is 24.1 Å². The van der Waals surface area contributed by atoms with Crippen molar-refractivity contribution in [1.82, 2.24) is 10.4 Å². The molecule has 8 nitrogen and oxygen atoms in total. The average molecular weight is 515 g/mol. The first-order valence-corrected chi connectivity index (χ1v) is 11.7. The third-order valence-corrected chi connectivity index (χ3v) is 6.52. The summed E-state index contributed by atoms with van der Waals surface area (Å²) in [5, 5.41) is 6.37. The molecule has 0 saturated carbocycles. The van der Waals surface area contributed by atoms with E-state index >= 15 is 0 Å². The van der Waals surface area contributed by atoms with Crippen molar-refractivity contribution in [2.75, 3.05) is 17.3 Å². The van der Waals surface area contributed by atoms with Gasteiger partial charge in [-0.25, -0.2) is 5.01 Å². The molecule has 3 amide bonds. The lowest BCUT2D eigenvalue weighted by Crippen LogP contribution is -2.49. The molecule has 1 aliphatic heterocycles. The van der Waals surface area contributed by atoms with Crippen molar-refractivity contribution in [3.8, 4) is 5.75 Å². The largest absolute Gasteiger partial charge is 0.497 e. The van der Waals surface area contributed by atoms with Crippen molar-refractivity contribution in [3.63, 3.8) is 0 Å². The molecule has 1 atom stereocenters. The van der Waals surface area contributed by atoms with Crippen molar-refractivity contribution in [3.05, 3.63) is 75.9 Å². The second-order valence-electron chi connectivity index (χ2n) is 7.22. The maximum absolute atomic E-state index is 13.4. The number of benzene rings is 2. The number of thiophene rings is 1. The van der Waals surface area contributed by atoms with E-state index in [-0.39, 0.29) is 11.5 Å². The van der Waals surface area contributed by atoms with Crippen molar-refractivity contribution < 1.29 is 19.1 Å². The number of halogens is 1. The van der Waals surface area contributed by atoms with E-state index in [0.717, 1.165) is 0 Å². The van der Waals surface area contributed by atoms with Crippen LogP contribution >= 0.6 is 35.2 Å². The number of hydrogen-bond donors (Lipinski definition) is 2. The first-order valence-electron chi connectivity index (χ1n) is 10.1. The van der Waals surface area contributed by atoms with Crippen LogP contribution in [0.5, 0.6) is 5.75 Å². The van der Waals surface area contributed by atoms with E-state index in [1.807, 2.05) is 0 Å². The minimum Gasteiger partial charge on any atom is -0.497 e. The number of anilines is 2. The van der Waals surface area contributed by atoms with Crippen LogP contribution in [0.1, 0.15) is 16.1 Å². The van der Waals surface area contributed by atoms with Crippen LogP contribution in [0, 0.1) is 0 Å². The van der Waals surface area contributed by atoms with Crippen molar-refractivity contribution in [2.24, 2.45) is 0 Å². The Hall–Kier alpha value is -3.47. The van der Waals surface area contributed by atoms with Crippen molar-refractivity contribution >= 4 is 69.4 Å². The van der Waals surface area contributed by atoms with Crippen LogP contribution in [0.4, 0.5) is 11.4 Å². The number of carbonyl (C=O) groups is 3. The number of methoxy groups -OCH3 is 1. The molecule has 4 rings (SSSR count). The minimum atomic E-state index is -1.04. The molecule has 34 heavy (non-hydrogen) atoms. The molecule has 2 heterocycles. The number of nitrogens with zero attached hydrogens (tertiary/aromatic N) is 2. The van der Waals surface area contributed by atoms with E-state index in [2.05, 4.69) is 10.7 Å². The van der Waals surface area contributed by atoms with E-state index in [1.54, 1.807) is 66.0 Å². The average Bonchev–Trinajstić information content (AvgIpc) is 3.44. The molecule has 1 saturated heterocycles. The molecule has 1 aromatic heterocycles. The Bertz CT molecular complexity index is 1220. The number of amides is 3. The normalized spacial score (nSPS) is 15.4. The molecule has 0 bridgehead atoms. The van der Waals surface area contributed by atoms with Crippen molar-refractivity contribution in [1.29, 1.82) is 0 Å². The predicted octanol–water partition coefficient (Wildman–Crippen LogP) is 4.09. The summed E-state index contributed by atoms with van der Waals surface area (Å²) in [6, 6.07) is 15.7. The molecular weight excluding hydrogens is 496 g/mol. The van der Waals surface area contributed by atoms with Gasteiger partial charge >= 0.3 is 0 Å². The van der Waals surface area contributed by atoms with Gasteiger partial charge in [-0.2, -0.15) is 0 Å². The first-order chi connectivity index (χ1) is 16.4. The van der Waals surface area contributed by atoms with E-state index in [1.165, 1.54) is 28.4 Å². The van der Waals surface area contributed by atoms with Gasteiger partial charge in [-0.15, -0.1) is 11.3 Å². The molecule has 11 heteroatoms. The van der Waals surface area contributed by atoms with E-state index in [0.29, 0.717) is 27.0 Å². The fraction of sp³-hybridized carbons (Fsp3) is 0.130. The second kappa shape index (κ2) is 10.2. The van der Waals surface area contributed by atoms with Gasteiger partial charge in [0, 0.05) is 10.7 Å². The summed E-state index contributed by atoms with van der Waals surface area (Å²) in [4.78, 5) is 40.7. The van der Waals surface area contributed by atoms with E-state index < -0.39 is 23.8 Å². The number of nitrogens with one attached hydrogen (secondary N) is 2. The standard InChI is InChI=1S/C23H19ClN4O4S2/c1-32-17-10-8-16(9-11-17)27-22(31)18(13-20(29)25-15-6-4-14(24)5-7-15)28(23(27)33)26-21(30)19-3-2-12-34-19/h2-12,18H,13H2,1H3,(H,25,29)(H,26,30). The number of hydrogen-bond acceptors (Lipinski definition) is 6. The smallest absolute Gasteiger partial charge is 0.279 e. The summed E-state index contributed by atoms with van der Waals surface area (Å²) < 4.78 is 5.17. The van der Waals surface area contributed by atoms with Gasteiger partial charge in [-0.3, -0.25) is 24.7 Å². The maximum Gasteiger partial charge on any atom is 0.279 e. The van der Waals surface area contributed by atoms with Gasteiger partial charge < -0.3 is 10.1 Å². The van der Waals surface area contributed by atoms with Crippen LogP contribution < -0.4 is 20.4 Å².